The summed E-state index contributed by atoms with van der Waals surface area (Å²) in [7, 11) is 1.71. The Hall–Kier alpha value is -2.31. The molecule has 0 aliphatic carbocycles. The van der Waals surface area contributed by atoms with Crippen LogP contribution < -0.4 is 11.1 Å². The lowest BCUT2D eigenvalue weighted by atomic mass is 10.2. The molecule has 0 aromatic carbocycles. The molecule has 90 valence electrons. The van der Waals surface area contributed by atoms with Crippen molar-refractivity contribution < 1.29 is 4.79 Å². The average Bonchev–Trinajstić information content (AvgIpc) is 2.75. The number of nitrogens with one attached hydrogen (secondary N) is 2. The van der Waals surface area contributed by atoms with Crippen LogP contribution in [0.3, 0.4) is 0 Å². The van der Waals surface area contributed by atoms with Crippen molar-refractivity contribution in [3.8, 4) is 0 Å². The molecule has 2 heterocycles. The van der Waals surface area contributed by atoms with E-state index < -0.39 is 0 Å². The Morgan fingerprint density at radius 1 is 1.53 bits per heavy atom. The number of nitrogens with zero attached hydrogens (tertiary/aromatic N) is 3. The van der Waals surface area contributed by atoms with Gasteiger partial charge in [-0.05, 0) is 13.8 Å². The van der Waals surface area contributed by atoms with Gasteiger partial charge in [0, 0.05) is 24.5 Å². The minimum absolute atomic E-state index is 0.201. The van der Waals surface area contributed by atoms with E-state index in [1.807, 2.05) is 13.8 Å². The number of nitrogens with two attached hydrogens (primary N) is 1. The molecular weight excluding hydrogens is 220 g/mol. The zero-order valence-corrected chi connectivity index (χ0v) is 9.90. The molecule has 2 aromatic heterocycles. The van der Waals surface area contributed by atoms with Gasteiger partial charge in [-0.3, -0.25) is 14.6 Å². The number of aromatic nitrogens is 4. The fourth-order valence-electron chi connectivity index (χ4n) is 1.46. The maximum Gasteiger partial charge on any atom is 0.279 e. The van der Waals surface area contributed by atoms with Gasteiger partial charge in [-0.25, -0.2) is 0 Å². The lowest BCUT2D eigenvalue weighted by molar-refractivity contribution is 0.102. The molecule has 0 radical (unpaired) electrons. The molecule has 0 saturated heterocycles. The highest BCUT2D eigenvalue weighted by molar-refractivity contribution is 6.06. The topological polar surface area (TPSA) is 102 Å². The second-order valence-corrected chi connectivity index (χ2v) is 3.88. The number of carbonyl (C=O) groups is 1. The van der Waals surface area contributed by atoms with Gasteiger partial charge in [0.1, 0.15) is 0 Å². The van der Waals surface area contributed by atoms with Crippen LogP contribution in [0, 0.1) is 13.8 Å². The zero-order chi connectivity index (χ0) is 12.6. The minimum atomic E-state index is -0.363. The standard InChI is InChI=1S/C10H14N6O/c1-5-6(2)13-14-9(5)12-10(17)8-7(11)4-16(3)15-8/h4H,11H2,1-3H3,(H2,12,13,14,17). The minimum Gasteiger partial charge on any atom is -0.396 e. The van der Waals surface area contributed by atoms with E-state index in [1.54, 1.807) is 13.2 Å². The highest BCUT2D eigenvalue weighted by Gasteiger charge is 2.16. The van der Waals surface area contributed by atoms with Gasteiger partial charge in [0.15, 0.2) is 11.5 Å². The Bertz CT molecular complexity index is 567. The molecule has 7 nitrogen and oxygen atoms in total. The molecule has 0 unspecified atom stereocenters. The van der Waals surface area contributed by atoms with Gasteiger partial charge in [0.25, 0.3) is 5.91 Å². The Morgan fingerprint density at radius 2 is 2.24 bits per heavy atom. The summed E-state index contributed by atoms with van der Waals surface area (Å²) in [5.41, 5.74) is 8.02. The number of amides is 1. The third-order valence-corrected chi connectivity index (χ3v) is 2.56. The molecule has 4 N–H and O–H groups in total. The monoisotopic (exact) mass is 234 g/mol. The summed E-state index contributed by atoms with van der Waals surface area (Å²) in [4.78, 5) is 11.9. The number of hydrogen-bond acceptors (Lipinski definition) is 4. The molecule has 1 amide bonds. The van der Waals surface area contributed by atoms with Crippen LogP contribution in [0.4, 0.5) is 11.5 Å². The van der Waals surface area contributed by atoms with Gasteiger partial charge >= 0.3 is 0 Å². The van der Waals surface area contributed by atoms with Crippen LogP contribution in [-0.2, 0) is 7.05 Å². The first-order chi connectivity index (χ1) is 7.99. The van der Waals surface area contributed by atoms with Crippen LogP contribution in [-0.4, -0.2) is 25.9 Å². The number of rotatable bonds is 2. The van der Waals surface area contributed by atoms with Crippen LogP contribution in [0.25, 0.3) is 0 Å². The van der Waals surface area contributed by atoms with Gasteiger partial charge < -0.3 is 11.1 Å². The van der Waals surface area contributed by atoms with E-state index in [1.165, 1.54) is 4.68 Å². The number of H-pyrrole nitrogens is 1. The molecule has 0 spiro atoms. The van der Waals surface area contributed by atoms with Crippen LogP contribution in [0.1, 0.15) is 21.7 Å². The predicted molar refractivity (Wildman–Crippen MR) is 63.6 cm³/mol. The van der Waals surface area contributed by atoms with E-state index in [4.69, 9.17) is 5.73 Å². The first kappa shape index (κ1) is 11.2. The third kappa shape index (κ3) is 1.99. The normalized spacial score (nSPS) is 10.5. The summed E-state index contributed by atoms with van der Waals surface area (Å²) >= 11 is 0. The highest BCUT2D eigenvalue weighted by Crippen LogP contribution is 2.16. The Morgan fingerprint density at radius 3 is 2.71 bits per heavy atom. The molecule has 7 heteroatoms. The van der Waals surface area contributed by atoms with Crippen LogP contribution in [0.2, 0.25) is 0 Å². The maximum atomic E-state index is 11.9. The van der Waals surface area contributed by atoms with Gasteiger partial charge in [-0.15, -0.1) is 0 Å². The fourth-order valence-corrected chi connectivity index (χ4v) is 1.46. The molecule has 0 atom stereocenters. The van der Waals surface area contributed by atoms with Gasteiger partial charge in [0.05, 0.1) is 5.69 Å². The Labute approximate surface area is 98.0 Å². The van der Waals surface area contributed by atoms with Crippen molar-refractivity contribution in [3.63, 3.8) is 0 Å². The molecule has 2 rings (SSSR count). The quantitative estimate of drug-likeness (QED) is 0.707. The van der Waals surface area contributed by atoms with Crippen molar-refractivity contribution in [3.05, 3.63) is 23.1 Å². The summed E-state index contributed by atoms with van der Waals surface area (Å²) in [6.45, 7) is 3.75. The predicted octanol–water partition coefficient (Wildman–Crippen LogP) is 0.595. The van der Waals surface area contributed by atoms with Crippen molar-refractivity contribution in [1.29, 1.82) is 0 Å². The molecule has 0 aliphatic rings. The lowest BCUT2D eigenvalue weighted by Gasteiger charge is -2.01. The van der Waals surface area contributed by atoms with Gasteiger partial charge in [-0.1, -0.05) is 0 Å². The number of nitrogen functional groups attached to an aromatic ring is 1. The van der Waals surface area contributed by atoms with Crippen molar-refractivity contribution >= 4 is 17.4 Å². The summed E-state index contributed by atoms with van der Waals surface area (Å²) in [5.74, 6) is 0.134. The van der Waals surface area contributed by atoms with Crippen molar-refractivity contribution in [1.82, 2.24) is 20.0 Å². The number of aromatic amines is 1. The molecule has 2 aromatic rings. The second kappa shape index (κ2) is 3.93. The number of anilines is 2. The van der Waals surface area contributed by atoms with E-state index in [-0.39, 0.29) is 11.6 Å². The van der Waals surface area contributed by atoms with Crippen molar-refractivity contribution in [2.45, 2.75) is 13.8 Å². The van der Waals surface area contributed by atoms with E-state index in [9.17, 15) is 4.79 Å². The summed E-state index contributed by atoms with van der Waals surface area (Å²) in [5, 5.41) is 13.4. The first-order valence-corrected chi connectivity index (χ1v) is 5.11. The number of hydrogen-bond donors (Lipinski definition) is 3. The second-order valence-electron chi connectivity index (χ2n) is 3.88. The molecular formula is C10H14N6O. The van der Waals surface area contributed by atoms with Crippen LogP contribution >= 0.6 is 0 Å². The molecule has 17 heavy (non-hydrogen) atoms. The summed E-state index contributed by atoms with van der Waals surface area (Å²) in [6, 6.07) is 0. The van der Waals surface area contributed by atoms with Crippen LogP contribution in [0.15, 0.2) is 6.20 Å². The van der Waals surface area contributed by atoms with E-state index in [0.717, 1.165) is 11.3 Å². The Kier molecular flexibility index (Phi) is 2.58. The number of aryl methyl sites for hydroxylation is 2. The third-order valence-electron chi connectivity index (χ3n) is 2.56. The SMILES string of the molecule is Cc1[nH]nc(NC(=O)c2nn(C)cc2N)c1C. The fraction of sp³-hybridized carbons (Fsp3) is 0.300. The summed E-state index contributed by atoms with van der Waals surface area (Å²) < 4.78 is 1.49. The number of carbonyl (C=O) groups excluding carboxylic acids is 1. The highest BCUT2D eigenvalue weighted by atomic mass is 16.2. The molecule has 0 aliphatic heterocycles. The zero-order valence-electron chi connectivity index (χ0n) is 9.90. The smallest absolute Gasteiger partial charge is 0.279 e. The largest absolute Gasteiger partial charge is 0.396 e. The van der Waals surface area contributed by atoms with E-state index in [0.29, 0.717) is 11.5 Å². The van der Waals surface area contributed by atoms with Crippen LogP contribution in [0.5, 0.6) is 0 Å². The van der Waals surface area contributed by atoms with Gasteiger partial charge in [0.2, 0.25) is 0 Å². The average molecular weight is 234 g/mol. The maximum absolute atomic E-state index is 11.9. The van der Waals surface area contributed by atoms with Crippen molar-refractivity contribution in [2.24, 2.45) is 7.05 Å². The first-order valence-electron chi connectivity index (χ1n) is 5.11. The Balaban J connectivity index is 2.23. The molecule has 0 fully saturated rings. The lowest BCUT2D eigenvalue weighted by Crippen LogP contribution is -2.15. The van der Waals surface area contributed by atoms with Crippen molar-refractivity contribution in [2.75, 3.05) is 11.1 Å². The van der Waals surface area contributed by atoms with E-state index >= 15 is 0 Å². The van der Waals surface area contributed by atoms with E-state index in [2.05, 4.69) is 20.6 Å². The van der Waals surface area contributed by atoms with Gasteiger partial charge in [-0.2, -0.15) is 10.2 Å². The molecule has 0 bridgehead atoms. The summed E-state index contributed by atoms with van der Waals surface area (Å²) in [6.07, 6.45) is 1.58. The molecule has 0 saturated carbocycles.